The molecule has 0 atom stereocenters. The van der Waals surface area contributed by atoms with Crippen molar-refractivity contribution in [3.8, 4) is 0 Å². The van der Waals surface area contributed by atoms with Gasteiger partial charge in [0.25, 0.3) is 0 Å². The van der Waals surface area contributed by atoms with E-state index in [9.17, 15) is 4.79 Å². The molecule has 1 rings (SSSR count). The Kier molecular flexibility index (Phi) is 5.26. The predicted molar refractivity (Wildman–Crippen MR) is 38.2 cm³/mol. The molecular formula is C8H11CoO. The fourth-order valence-corrected chi connectivity index (χ4v) is 0.634. The molecule has 0 N–H and O–H groups in total. The average Bonchev–Trinajstić information content (AvgIpc) is 2.15. The Hall–Kier alpha value is -0.344. The van der Waals surface area contributed by atoms with Crippen molar-refractivity contribution in [3.63, 3.8) is 0 Å². The van der Waals surface area contributed by atoms with Gasteiger partial charge in [0, 0.05) is 0 Å². The van der Waals surface area contributed by atoms with E-state index in [0.717, 1.165) is 10.9 Å². The number of carbonyl (C=O) groups is 1. The van der Waals surface area contributed by atoms with Crippen LogP contribution in [0.25, 0.3) is 0 Å². The van der Waals surface area contributed by atoms with Gasteiger partial charge >= 0.3 is 44.9 Å². The molecule has 1 aliphatic rings. The van der Waals surface area contributed by atoms with Crippen LogP contribution in [-0.4, -0.2) is 5.78 Å². The summed E-state index contributed by atoms with van der Waals surface area (Å²) in [7, 11) is 0. The van der Waals surface area contributed by atoms with Gasteiger partial charge in [-0.1, -0.05) is 0 Å². The summed E-state index contributed by atoms with van der Waals surface area (Å²) in [5.74, 6) is 0.167. The number of Topliss-reactive ketones (excluding diaryl/α,β-unsaturated/α-hetero) is 1. The van der Waals surface area contributed by atoms with E-state index in [0.29, 0.717) is 0 Å². The third-order valence-electron chi connectivity index (χ3n) is 0.709. The molecule has 0 spiro atoms. The second-order valence-electron chi connectivity index (χ2n) is 2.13. The summed E-state index contributed by atoms with van der Waals surface area (Å²) in [6, 6.07) is 0. The first kappa shape index (κ1) is 9.66. The first-order valence-corrected chi connectivity index (χ1v) is 3.61. The van der Waals surface area contributed by atoms with Crippen LogP contribution in [0.15, 0.2) is 22.7 Å². The van der Waals surface area contributed by atoms with Gasteiger partial charge in [0.05, 0.1) is 0 Å². The Bertz CT molecular complexity index is 164. The molecule has 0 aliphatic heterocycles. The zero-order valence-corrected chi connectivity index (χ0v) is 7.22. The van der Waals surface area contributed by atoms with E-state index in [-0.39, 0.29) is 5.78 Å². The fourth-order valence-electron chi connectivity index (χ4n) is 0.412. The Morgan fingerprint density at radius 2 is 2.10 bits per heavy atom. The number of allylic oxidation sites excluding steroid dienone is 4. The van der Waals surface area contributed by atoms with E-state index >= 15 is 0 Å². The fraction of sp³-hybridized carbons (Fsp3) is 0.375. The zero-order valence-electron chi connectivity index (χ0n) is 6.18. The summed E-state index contributed by atoms with van der Waals surface area (Å²) in [4.78, 5) is 9.44. The number of rotatable bonds is 0. The maximum absolute atomic E-state index is 9.44. The molecule has 58 valence electrons. The normalized spacial score (nSPS) is 13.8. The van der Waals surface area contributed by atoms with Crippen LogP contribution in [0.2, 0.25) is 0 Å². The quantitative estimate of drug-likeness (QED) is 0.559. The van der Waals surface area contributed by atoms with Crippen LogP contribution in [-0.2, 0) is 20.5 Å². The third kappa shape index (κ3) is 7.66. The molecule has 0 unspecified atom stereocenters. The molecule has 0 aromatic rings. The predicted octanol–water partition coefficient (Wildman–Crippen LogP) is 1.97. The Balaban J connectivity index is 0.000000180. The van der Waals surface area contributed by atoms with E-state index in [1.807, 2.05) is 12.2 Å². The van der Waals surface area contributed by atoms with E-state index in [1.165, 1.54) is 13.8 Å². The molecule has 0 bridgehead atoms. The van der Waals surface area contributed by atoms with Crippen molar-refractivity contribution in [2.45, 2.75) is 20.3 Å². The minimum atomic E-state index is 0.167. The van der Waals surface area contributed by atoms with Crippen LogP contribution in [0.4, 0.5) is 0 Å². The molecular weight excluding hydrogens is 171 g/mol. The van der Waals surface area contributed by atoms with E-state index in [1.54, 1.807) is 0 Å². The average molecular weight is 182 g/mol. The van der Waals surface area contributed by atoms with Crippen LogP contribution < -0.4 is 0 Å². The van der Waals surface area contributed by atoms with Gasteiger partial charge in [-0.05, 0) is 13.8 Å². The minimum absolute atomic E-state index is 0.167. The van der Waals surface area contributed by atoms with E-state index < -0.39 is 0 Å². The molecule has 0 saturated heterocycles. The molecule has 0 heterocycles. The van der Waals surface area contributed by atoms with E-state index in [4.69, 9.17) is 0 Å². The van der Waals surface area contributed by atoms with Gasteiger partial charge < -0.3 is 4.79 Å². The number of ketones is 1. The molecule has 1 nitrogen and oxygen atoms in total. The maximum atomic E-state index is 9.44. The van der Waals surface area contributed by atoms with Gasteiger partial charge in [-0.2, -0.15) is 0 Å². The first-order chi connectivity index (χ1) is 4.63. The van der Waals surface area contributed by atoms with Gasteiger partial charge in [0.1, 0.15) is 5.78 Å². The Morgan fingerprint density at radius 1 is 1.60 bits per heavy atom. The van der Waals surface area contributed by atoms with Crippen molar-refractivity contribution in [2.75, 3.05) is 0 Å². The van der Waals surface area contributed by atoms with Crippen LogP contribution in [0.3, 0.4) is 0 Å². The number of hydrogen-bond donors (Lipinski definition) is 0. The molecule has 10 heavy (non-hydrogen) atoms. The van der Waals surface area contributed by atoms with Gasteiger partial charge in [-0.15, -0.1) is 0 Å². The molecule has 0 saturated carbocycles. The van der Waals surface area contributed by atoms with Crippen molar-refractivity contribution in [1.82, 2.24) is 0 Å². The Labute approximate surface area is 69.8 Å². The number of hydrogen-bond acceptors (Lipinski definition) is 1. The summed E-state index contributed by atoms with van der Waals surface area (Å²) in [5.41, 5.74) is 0. The summed E-state index contributed by atoms with van der Waals surface area (Å²) in [6.45, 7) is 3.06. The monoisotopic (exact) mass is 182 g/mol. The number of carbonyl (C=O) groups excluding carboxylic acids is 1. The third-order valence-corrected chi connectivity index (χ3v) is 1.10. The van der Waals surface area contributed by atoms with Crippen LogP contribution in [0, 0.1) is 0 Å². The van der Waals surface area contributed by atoms with Crippen molar-refractivity contribution < 1.29 is 20.5 Å². The molecule has 1 aliphatic carbocycles. The van der Waals surface area contributed by atoms with Gasteiger partial charge in [0.15, 0.2) is 0 Å². The van der Waals surface area contributed by atoms with Crippen LogP contribution >= 0.6 is 0 Å². The summed E-state index contributed by atoms with van der Waals surface area (Å²) >= 11 is 4.14. The van der Waals surface area contributed by atoms with Crippen LogP contribution in [0.1, 0.15) is 20.3 Å². The van der Waals surface area contributed by atoms with Crippen molar-refractivity contribution in [1.29, 1.82) is 0 Å². The standard InChI is InChI=1S/C5H5.C3H6O.Co/c1-2-4-5-3-1;1-3(2)4;/h1-3H,4H2;1-2H3;. The summed E-state index contributed by atoms with van der Waals surface area (Å²) in [5, 5.41) is 0. The molecule has 0 aromatic heterocycles. The topological polar surface area (TPSA) is 17.1 Å². The first-order valence-electron chi connectivity index (χ1n) is 3.09. The molecule has 0 amide bonds. The van der Waals surface area contributed by atoms with Crippen molar-refractivity contribution in [3.05, 3.63) is 22.7 Å². The Morgan fingerprint density at radius 3 is 2.20 bits per heavy atom. The molecule has 0 radical (unpaired) electrons. The van der Waals surface area contributed by atoms with Gasteiger partial charge in [-0.25, -0.2) is 0 Å². The van der Waals surface area contributed by atoms with Gasteiger partial charge in [-0.3, -0.25) is 0 Å². The molecule has 0 fully saturated rings. The van der Waals surface area contributed by atoms with Crippen molar-refractivity contribution in [2.24, 2.45) is 0 Å². The second-order valence-corrected chi connectivity index (χ2v) is 2.79. The summed E-state index contributed by atoms with van der Waals surface area (Å²) in [6.07, 6.45) is 7.13. The summed E-state index contributed by atoms with van der Waals surface area (Å²) < 4.78 is 1.16. The second kappa shape index (κ2) is 5.44. The molecule has 0 aromatic carbocycles. The molecule has 2 heteroatoms. The zero-order chi connectivity index (χ0) is 7.98. The van der Waals surface area contributed by atoms with Crippen molar-refractivity contribution >= 4 is 5.78 Å². The SMILES string of the molecule is CC(C)=O.[Co][C]1=CC=CC1. The van der Waals surface area contributed by atoms with E-state index in [2.05, 4.69) is 21.8 Å². The van der Waals surface area contributed by atoms with Gasteiger partial charge in [0.2, 0.25) is 0 Å². The van der Waals surface area contributed by atoms with Crippen LogP contribution in [0.5, 0.6) is 0 Å².